The van der Waals surface area contributed by atoms with Gasteiger partial charge in [0.05, 0.1) is 0 Å². The second kappa shape index (κ2) is 8.28. The summed E-state index contributed by atoms with van der Waals surface area (Å²) in [5.74, 6) is -0.697. The van der Waals surface area contributed by atoms with E-state index in [2.05, 4.69) is 10.1 Å². The summed E-state index contributed by atoms with van der Waals surface area (Å²) in [6.45, 7) is 2.91. The molecule has 30 heavy (non-hydrogen) atoms. The van der Waals surface area contributed by atoms with Gasteiger partial charge < -0.3 is 9.80 Å². The molecule has 1 aliphatic rings. The summed E-state index contributed by atoms with van der Waals surface area (Å²) >= 11 is 0. The monoisotopic (exact) mass is 403 g/mol. The molecule has 2 amide bonds. The minimum Gasteiger partial charge on any atom is -0.335 e. The van der Waals surface area contributed by atoms with Gasteiger partial charge in [0.2, 0.25) is 0 Å². The van der Waals surface area contributed by atoms with Crippen LogP contribution in [0.25, 0.3) is 5.82 Å². The molecule has 3 heterocycles. The highest BCUT2D eigenvalue weighted by atomic mass is 16.2. The first-order chi connectivity index (χ1) is 14.5. The molecule has 1 aromatic carbocycles. The third kappa shape index (κ3) is 3.84. The first-order valence-electron chi connectivity index (χ1n) is 9.70. The van der Waals surface area contributed by atoms with Crippen molar-refractivity contribution in [2.45, 2.75) is 13.0 Å². The van der Waals surface area contributed by atoms with Crippen molar-refractivity contribution in [2.24, 2.45) is 0 Å². The van der Waals surface area contributed by atoms with Gasteiger partial charge in [-0.1, -0.05) is 18.2 Å². The lowest BCUT2D eigenvalue weighted by molar-refractivity contribution is -0.130. The highest BCUT2D eigenvalue weighted by Crippen LogP contribution is 2.15. The quantitative estimate of drug-likeness (QED) is 0.490. The molecule has 1 aliphatic heterocycles. The zero-order valence-electron chi connectivity index (χ0n) is 16.5. The van der Waals surface area contributed by atoms with Gasteiger partial charge in [-0.15, -0.1) is 0 Å². The predicted octanol–water partition coefficient (Wildman–Crippen LogP) is 1.82. The smallest absolute Gasteiger partial charge is 0.295 e. The summed E-state index contributed by atoms with van der Waals surface area (Å²) in [4.78, 5) is 45.6. The lowest BCUT2D eigenvalue weighted by atomic mass is 10.1. The van der Waals surface area contributed by atoms with E-state index in [1.165, 1.54) is 11.1 Å². The zero-order chi connectivity index (χ0) is 21.1. The second-order valence-electron chi connectivity index (χ2n) is 7.15. The van der Waals surface area contributed by atoms with E-state index in [1.54, 1.807) is 52.3 Å². The number of carbonyl (C=O) groups is 3. The molecule has 0 bridgehead atoms. The molecule has 1 saturated heterocycles. The van der Waals surface area contributed by atoms with Crippen LogP contribution < -0.4 is 0 Å². The maximum Gasteiger partial charge on any atom is 0.295 e. The van der Waals surface area contributed by atoms with Gasteiger partial charge in [-0.3, -0.25) is 14.4 Å². The van der Waals surface area contributed by atoms with Crippen LogP contribution in [0.5, 0.6) is 0 Å². The Hall–Kier alpha value is -3.81. The Morgan fingerprint density at radius 2 is 1.77 bits per heavy atom. The van der Waals surface area contributed by atoms with Crippen LogP contribution in [0.3, 0.4) is 0 Å². The minimum atomic E-state index is -0.607. The number of amides is 2. The first kappa shape index (κ1) is 19.5. The fourth-order valence-corrected chi connectivity index (χ4v) is 3.52. The zero-order valence-corrected chi connectivity index (χ0v) is 16.5. The van der Waals surface area contributed by atoms with Crippen LogP contribution in [0.2, 0.25) is 0 Å². The Morgan fingerprint density at radius 3 is 2.40 bits per heavy atom. The number of benzene rings is 1. The number of aromatic nitrogens is 3. The topological polar surface area (TPSA) is 88.4 Å². The Balaban J connectivity index is 1.41. The van der Waals surface area contributed by atoms with Crippen LogP contribution in [0, 0.1) is 0 Å². The molecule has 0 radical (unpaired) electrons. The van der Waals surface area contributed by atoms with E-state index in [-0.39, 0.29) is 17.5 Å². The van der Waals surface area contributed by atoms with Crippen molar-refractivity contribution in [3.63, 3.8) is 0 Å². The number of pyridine rings is 1. The number of carbonyl (C=O) groups excluding carboxylic acids is 3. The normalized spacial score (nSPS) is 16.4. The van der Waals surface area contributed by atoms with Crippen LogP contribution in [0.4, 0.5) is 0 Å². The largest absolute Gasteiger partial charge is 0.335 e. The molecule has 8 nitrogen and oxygen atoms in total. The van der Waals surface area contributed by atoms with Gasteiger partial charge in [0.25, 0.3) is 17.6 Å². The van der Waals surface area contributed by atoms with Crippen molar-refractivity contribution >= 4 is 17.6 Å². The predicted molar refractivity (Wildman–Crippen MR) is 109 cm³/mol. The van der Waals surface area contributed by atoms with Crippen LogP contribution in [0.15, 0.2) is 67.1 Å². The van der Waals surface area contributed by atoms with Gasteiger partial charge in [0.15, 0.2) is 5.82 Å². The molecule has 0 spiro atoms. The molecule has 1 atom stereocenters. The van der Waals surface area contributed by atoms with Crippen molar-refractivity contribution in [3.05, 3.63) is 78.2 Å². The molecule has 0 aliphatic carbocycles. The van der Waals surface area contributed by atoms with Gasteiger partial charge in [-0.2, -0.15) is 5.10 Å². The summed E-state index contributed by atoms with van der Waals surface area (Å²) in [6.07, 6.45) is 4.76. The van der Waals surface area contributed by atoms with Gasteiger partial charge in [0.1, 0.15) is 0 Å². The van der Waals surface area contributed by atoms with Gasteiger partial charge in [-0.25, -0.2) is 9.67 Å². The summed E-state index contributed by atoms with van der Waals surface area (Å²) < 4.78 is 1.57. The van der Waals surface area contributed by atoms with Gasteiger partial charge in [-0.05, 0) is 37.3 Å². The van der Waals surface area contributed by atoms with E-state index in [0.29, 0.717) is 31.0 Å². The summed E-state index contributed by atoms with van der Waals surface area (Å²) in [6, 6.07) is 13.8. The Kier molecular flexibility index (Phi) is 5.38. The van der Waals surface area contributed by atoms with Crippen LogP contribution in [-0.4, -0.2) is 67.8 Å². The third-order valence-corrected chi connectivity index (χ3v) is 5.14. The maximum atomic E-state index is 12.8. The van der Waals surface area contributed by atoms with E-state index in [1.807, 2.05) is 25.1 Å². The van der Waals surface area contributed by atoms with E-state index in [4.69, 9.17) is 0 Å². The van der Waals surface area contributed by atoms with Crippen molar-refractivity contribution < 1.29 is 14.4 Å². The van der Waals surface area contributed by atoms with Gasteiger partial charge in [0, 0.05) is 55.4 Å². The molecule has 0 saturated carbocycles. The van der Waals surface area contributed by atoms with E-state index < -0.39 is 11.7 Å². The molecular formula is C22H21N5O3. The first-order valence-corrected chi connectivity index (χ1v) is 9.70. The SMILES string of the molecule is C[C@@H]1CN(C(=O)c2ccccc2)CCN1C(=O)C(=O)c1ccc(-n2cccn2)nc1. The Morgan fingerprint density at radius 1 is 0.967 bits per heavy atom. The van der Waals surface area contributed by atoms with Crippen LogP contribution in [0.1, 0.15) is 27.6 Å². The molecule has 0 unspecified atom stereocenters. The number of rotatable bonds is 4. The maximum absolute atomic E-state index is 12.8. The fraction of sp³-hybridized carbons (Fsp3) is 0.227. The highest BCUT2D eigenvalue weighted by molar-refractivity contribution is 6.42. The van der Waals surface area contributed by atoms with Crippen LogP contribution >= 0.6 is 0 Å². The number of piperazine rings is 1. The molecule has 1 fully saturated rings. The minimum absolute atomic E-state index is 0.0701. The number of Topliss-reactive ketones (excluding diaryl/α,β-unsaturated/α-hetero) is 1. The van der Waals surface area contributed by atoms with Crippen molar-refractivity contribution in [1.82, 2.24) is 24.6 Å². The third-order valence-electron chi connectivity index (χ3n) is 5.14. The Labute approximate surface area is 173 Å². The molecule has 8 heteroatoms. The number of ketones is 1. The highest BCUT2D eigenvalue weighted by Gasteiger charge is 2.33. The molecule has 0 N–H and O–H groups in total. The number of hydrogen-bond donors (Lipinski definition) is 0. The molecule has 4 rings (SSSR count). The van der Waals surface area contributed by atoms with Gasteiger partial charge >= 0.3 is 0 Å². The Bertz CT molecular complexity index is 1050. The summed E-state index contributed by atoms with van der Waals surface area (Å²) in [5.41, 5.74) is 0.842. The van der Waals surface area contributed by atoms with Crippen molar-refractivity contribution in [1.29, 1.82) is 0 Å². The lowest BCUT2D eigenvalue weighted by Crippen LogP contribution is -2.56. The number of nitrogens with zero attached hydrogens (tertiary/aromatic N) is 5. The molecule has 2 aromatic heterocycles. The summed E-state index contributed by atoms with van der Waals surface area (Å²) in [5, 5.41) is 4.08. The van der Waals surface area contributed by atoms with Crippen molar-refractivity contribution in [3.8, 4) is 5.82 Å². The van der Waals surface area contributed by atoms with E-state index in [9.17, 15) is 14.4 Å². The second-order valence-corrected chi connectivity index (χ2v) is 7.15. The van der Waals surface area contributed by atoms with Crippen molar-refractivity contribution in [2.75, 3.05) is 19.6 Å². The van der Waals surface area contributed by atoms with Crippen LogP contribution in [-0.2, 0) is 4.79 Å². The standard InChI is InChI=1S/C22H21N5O3/c1-16-15-25(21(29)17-6-3-2-4-7-17)12-13-26(16)22(30)20(28)18-8-9-19(23-14-18)27-11-5-10-24-27/h2-11,14,16H,12-13,15H2,1H3/t16-/m1/s1. The average Bonchev–Trinajstić information content (AvgIpc) is 3.33. The average molecular weight is 403 g/mol. The summed E-state index contributed by atoms with van der Waals surface area (Å²) in [7, 11) is 0. The van der Waals surface area contributed by atoms with E-state index >= 15 is 0 Å². The van der Waals surface area contributed by atoms with E-state index in [0.717, 1.165) is 0 Å². The lowest BCUT2D eigenvalue weighted by Gasteiger charge is -2.39. The fourth-order valence-electron chi connectivity index (χ4n) is 3.52. The number of hydrogen-bond acceptors (Lipinski definition) is 5. The molecule has 3 aromatic rings. The molecule has 152 valence electrons. The molecular weight excluding hydrogens is 382 g/mol.